The second kappa shape index (κ2) is 7.14. The minimum atomic E-state index is -0.562. The first-order valence-corrected chi connectivity index (χ1v) is 7.92. The van der Waals surface area contributed by atoms with Gasteiger partial charge in [-0.05, 0) is 52.9 Å². The van der Waals surface area contributed by atoms with Crippen LogP contribution in [-0.4, -0.2) is 41.1 Å². The molecule has 0 spiro atoms. The van der Waals surface area contributed by atoms with Crippen molar-refractivity contribution in [3.63, 3.8) is 0 Å². The number of likely N-dealkylation sites (tertiary alicyclic amines) is 1. The maximum atomic E-state index is 12.7. The van der Waals surface area contributed by atoms with Gasteiger partial charge in [0.2, 0.25) is 5.91 Å². The van der Waals surface area contributed by atoms with Crippen LogP contribution in [0.3, 0.4) is 0 Å². The van der Waals surface area contributed by atoms with E-state index in [2.05, 4.69) is 12.2 Å². The lowest BCUT2D eigenvalue weighted by Gasteiger charge is -2.37. The molecule has 1 rings (SSSR count). The van der Waals surface area contributed by atoms with Crippen molar-refractivity contribution in [2.24, 2.45) is 5.92 Å². The first-order chi connectivity index (χ1) is 9.61. The van der Waals surface area contributed by atoms with Gasteiger partial charge in [-0.3, -0.25) is 4.79 Å². The Bertz CT molecular complexity index is 374. The number of hydrogen-bond donors (Lipinski definition) is 1. The Morgan fingerprint density at radius 3 is 2.33 bits per heavy atom. The molecule has 1 N–H and O–H groups in total. The van der Waals surface area contributed by atoms with Crippen molar-refractivity contribution in [3.05, 3.63) is 0 Å². The molecule has 21 heavy (non-hydrogen) atoms. The quantitative estimate of drug-likeness (QED) is 0.871. The monoisotopic (exact) mass is 298 g/mol. The third-order valence-corrected chi connectivity index (χ3v) is 3.69. The number of alkyl carbamates (subject to hydrolysis) is 1. The summed E-state index contributed by atoms with van der Waals surface area (Å²) >= 11 is 0. The summed E-state index contributed by atoms with van der Waals surface area (Å²) in [7, 11) is 0. The normalized spacial score (nSPS) is 21.1. The molecule has 5 nitrogen and oxygen atoms in total. The Labute approximate surface area is 128 Å². The Kier molecular flexibility index (Phi) is 6.05. The molecular weight excluding hydrogens is 268 g/mol. The van der Waals surface area contributed by atoms with Crippen LogP contribution in [-0.2, 0) is 9.53 Å². The van der Waals surface area contributed by atoms with E-state index in [0.29, 0.717) is 0 Å². The number of ether oxygens (including phenoxy) is 1. The molecule has 0 bridgehead atoms. The lowest BCUT2D eigenvalue weighted by molar-refractivity contribution is -0.137. The highest BCUT2D eigenvalue weighted by Crippen LogP contribution is 2.19. The number of hydrogen-bond acceptors (Lipinski definition) is 3. The van der Waals surface area contributed by atoms with Crippen LogP contribution in [0, 0.1) is 5.92 Å². The van der Waals surface area contributed by atoms with Crippen LogP contribution in [0.15, 0.2) is 0 Å². The number of carbonyl (C=O) groups is 2. The van der Waals surface area contributed by atoms with Crippen LogP contribution in [0.5, 0.6) is 0 Å². The molecule has 1 heterocycles. The first-order valence-electron chi connectivity index (χ1n) is 7.92. The molecule has 1 saturated heterocycles. The summed E-state index contributed by atoms with van der Waals surface area (Å²) in [4.78, 5) is 26.5. The predicted octanol–water partition coefficient (Wildman–Crippen LogP) is 2.94. The number of amides is 2. The van der Waals surface area contributed by atoms with Gasteiger partial charge in [0.25, 0.3) is 0 Å². The van der Waals surface area contributed by atoms with Gasteiger partial charge >= 0.3 is 6.09 Å². The molecule has 1 aliphatic heterocycles. The summed E-state index contributed by atoms with van der Waals surface area (Å²) < 4.78 is 5.26. The van der Waals surface area contributed by atoms with Crippen molar-refractivity contribution in [1.29, 1.82) is 0 Å². The summed E-state index contributed by atoms with van der Waals surface area (Å²) in [5, 5.41) is 2.74. The third kappa shape index (κ3) is 5.56. The van der Waals surface area contributed by atoms with Crippen LogP contribution in [0.25, 0.3) is 0 Å². The maximum Gasteiger partial charge on any atom is 0.408 e. The fourth-order valence-electron chi connectivity index (χ4n) is 2.55. The number of nitrogens with one attached hydrogen (secondary N) is 1. The van der Waals surface area contributed by atoms with Gasteiger partial charge in [-0.15, -0.1) is 0 Å². The minimum Gasteiger partial charge on any atom is -0.444 e. The standard InChI is InChI=1S/C16H30N2O3/c1-11(2)13(17-15(20)21-16(4,5)6)14(19)18-10-8-7-9-12(18)3/h11-13H,7-10H2,1-6H3,(H,17,20)/t12?,13-/m0/s1. The molecule has 0 aromatic carbocycles. The van der Waals surface area contributed by atoms with Crippen LogP contribution < -0.4 is 5.32 Å². The van der Waals surface area contributed by atoms with E-state index in [1.54, 1.807) is 0 Å². The Morgan fingerprint density at radius 1 is 1.24 bits per heavy atom. The number of piperidine rings is 1. The summed E-state index contributed by atoms with van der Waals surface area (Å²) in [5.41, 5.74) is -0.562. The summed E-state index contributed by atoms with van der Waals surface area (Å²) in [6.45, 7) is 12.2. The van der Waals surface area contributed by atoms with E-state index in [4.69, 9.17) is 4.74 Å². The molecule has 2 amide bonds. The van der Waals surface area contributed by atoms with E-state index in [-0.39, 0.29) is 17.9 Å². The molecular formula is C16H30N2O3. The average molecular weight is 298 g/mol. The van der Waals surface area contributed by atoms with Crippen molar-refractivity contribution in [3.8, 4) is 0 Å². The summed E-state index contributed by atoms with van der Waals surface area (Å²) in [6.07, 6.45) is 2.70. The van der Waals surface area contributed by atoms with Crippen molar-refractivity contribution < 1.29 is 14.3 Å². The number of rotatable bonds is 3. The molecule has 0 saturated carbocycles. The van der Waals surface area contributed by atoms with Crippen LogP contribution in [0.2, 0.25) is 0 Å². The molecule has 1 aliphatic rings. The van der Waals surface area contributed by atoms with Crippen molar-refractivity contribution in [2.75, 3.05) is 6.54 Å². The summed E-state index contributed by atoms with van der Waals surface area (Å²) in [6, 6.07) is -0.284. The fraction of sp³-hybridized carbons (Fsp3) is 0.875. The predicted molar refractivity (Wildman–Crippen MR) is 83.0 cm³/mol. The largest absolute Gasteiger partial charge is 0.444 e. The molecule has 122 valence electrons. The van der Waals surface area contributed by atoms with Crippen LogP contribution in [0.4, 0.5) is 4.79 Å². The SMILES string of the molecule is CC(C)[C@H](NC(=O)OC(C)(C)C)C(=O)N1CCCCC1C. The Hall–Kier alpha value is -1.26. The van der Waals surface area contributed by atoms with Gasteiger partial charge in [0.15, 0.2) is 0 Å². The summed E-state index contributed by atoms with van der Waals surface area (Å²) in [5.74, 6) is 0.0298. The molecule has 1 fully saturated rings. The molecule has 2 atom stereocenters. The van der Waals surface area contributed by atoms with Gasteiger partial charge in [-0.25, -0.2) is 4.79 Å². The highest BCUT2D eigenvalue weighted by molar-refractivity contribution is 5.86. The van der Waals surface area contributed by atoms with E-state index in [0.717, 1.165) is 25.8 Å². The second-order valence-corrected chi connectivity index (χ2v) is 7.24. The molecule has 0 radical (unpaired) electrons. The third-order valence-electron chi connectivity index (χ3n) is 3.69. The Morgan fingerprint density at radius 2 is 1.86 bits per heavy atom. The van der Waals surface area contributed by atoms with E-state index in [1.165, 1.54) is 0 Å². The lowest BCUT2D eigenvalue weighted by atomic mass is 9.98. The van der Waals surface area contributed by atoms with Gasteiger partial charge in [0.1, 0.15) is 11.6 Å². The Balaban J connectivity index is 2.72. The van der Waals surface area contributed by atoms with E-state index < -0.39 is 17.7 Å². The molecule has 0 aromatic rings. The zero-order valence-electron chi connectivity index (χ0n) is 14.2. The molecule has 1 unspecified atom stereocenters. The highest BCUT2D eigenvalue weighted by atomic mass is 16.6. The second-order valence-electron chi connectivity index (χ2n) is 7.24. The highest BCUT2D eigenvalue weighted by Gasteiger charge is 2.33. The molecule has 0 aromatic heterocycles. The van der Waals surface area contributed by atoms with E-state index >= 15 is 0 Å². The van der Waals surface area contributed by atoms with Gasteiger partial charge in [-0.2, -0.15) is 0 Å². The van der Waals surface area contributed by atoms with Crippen LogP contribution >= 0.6 is 0 Å². The lowest BCUT2D eigenvalue weighted by Crippen LogP contribution is -2.55. The van der Waals surface area contributed by atoms with E-state index in [1.807, 2.05) is 39.5 Å². The van der Waals surface area contributed by atoms with Crippen molar-refractivity contribution in [2.45, 2.75) is 78.5 Å². The molecule has 0 aliphatic carbocycles. The van der Waals surface area contributed by atoms with Gasteiger partial charge < -0.3 is 15.0 Å². The van der Waals surface area contributed by atoms with Gasteiger partial charge in [0.05, 0.1) is 0 Å². The molecule has 5 heteroatoms. The van der Waals surface area contributed by atoms with Crippen molar-refractivity contribution >= 4 is 12.0 Å². The topological polar surface area (TPSA) is 58.6 Å². The van der Waals surface area contributed by atoms with Gasteiger partial charge in [0, 0.05) is 12.6 Å². The first kappa shape index (κ1) is 17.8. The number of carbonyl (C=O) groups excluding carboxylic acids is 2. The van der Waals surface area contributed by atoms with E-state index in [9.17, 15) is 9.59 Å². The smallest absolute Gasteiger partial charge is 0.408 e. The zero-order chi connectivity index (χ0) is 16.2. The average Bonchev–Trinajstić information content (AvgIpc) is 2.33. The minimum absolute atomic E-state index is 0.00283. The zero-order valence-corrected chi connectivity index (χ0v) is 14.2. The van der Waals surface area contributed by atoms with Crippen molar-refractivity contribution in [1.82, 2.24) is 10.2 Å². The van der Waals surface area contributed by atoms with Crippen LogP contribution in [0.1, 0.15) is 60.8 Å². The maximum absolute atomic E-state index is 12.7. The number of nitrogens with zero attached hydrogens (tertiary/aromatic N) is 1. The van der Waals surface area contributed by atoms with Gasteiger partial charge in [-0.1, -0.05) is 13.8 Å². The fourth-order valence-corrected chi connectivity index (χ4v) is 2.55.